The molecule has 2 aromatic carbocycles. The first-order valence-electron chi connectivity index (χ1n) is 6.61. The molecule has 2 aromatic rings. The molecule has 0 aliphatic carbocycles. The summed E-state index contributed by atoms with van der Waals surface area (Å²) in [6, 6.07) is 10.5. The Bertz CT molecular complexity index is 634. The van der Waals surface area contributed by atoms with E-state index >= 15 is 0 Å². The fourth-order valence-corrected chi connectivity index (χ4v) is 2.26. The Morgan fingerprint density at radius 3 is 2.71 bits per heavy atom. The van der Waals surface area contributed by atoms with Gasteiger partial charge in [-0.15, -0.1) is 0 Å². The highest BCUT2D eigenvalue weighted by atomic mass is 79.9. The molecule has 0 aromatic heterocycles. The molecular formula is C16H16BrClFNO. The molecule has 0 heterocycles. The van der Waals surface area contributed by atoms with Gasteiger partial charge in [-0.05, 0) is 34.1 Å². The van der Waals surface area contributed by atoms with Crippen LogP contribution < -0.4 is 10.1 Å². The maximum Gasteiger partial charge on any atom is 0.150 e. The largest absolute Gasteiger partial charge is 0.455 e. The lowest BCUT2D eigenvalue weighted by atomic mass is 10.2. The smallest absolute Gasteiger partial charge is 0.150 e. The Hall–Kier alpha value is -1.10. The quantitative estimate of drug-likeness (QED) is 0.745. The maximum absolute atomic E-state index is 13.6. The summed E-state index contributed by atoms with van der Waals surface area (Å²) in [7, 11) is 0. The predicted molar refractivity (Wildman–Crippen MR) is 87.6 cm³/mol. The Balaban J connectivity index is 2.27. The predicted octanol–water partition coefficient (Wildman–Crippen LogP) is 5.53. The summed E-state index contributed by atoms with van der Waals surface area (Å²) in [6.07, 6.45) is 0. The molecule has 1 N–H and O–H groups in total. The van der Waals surface area contributed by atoms with Gasteiger partial charge in [0.15, 0.2) is 0 Å². The molecule has 5 heteroatoms. The normalized spacial score (nSPS) is 11.0. The number of rotatable bonds is 5. The SMILES string of the molecule is CC(C)NCc1cccc(Cl)c1Oc1ccc(Br)c(F)c1. The van der Waals surface area contributed by atoms with E-state index in [0.717, 1.165) is 5.56 Å². The number of halogens is 3. The molecule has 0 saturated heterocycles. The Morgan fingerprint density at radius 1 is 1.29 bits per heavy atom. The standard InChI is InChI=1S/C16H16BrClFNO/c1-10(2)20-9-11-4-3-5-14(18)16(11)21-12-6-7-13(17)15(19)8-12/h3-8,10,20H,9H2,1-2H3. The maximum atomic E-state index is 13.6. The minimum Gasteiger partial charge on any atom is -0.455 e. The van der Waals surface area contributed by atoms with Gasteiger partial charge < -0.3 is 10.1 Å². The van der Waals surface area contributed by atoms with Crippen molar-refractivity contribution in [2.75, 3.05) is 0 Å². The lowest BCUT2D eigenvalue weighted by molar-refractivity contribution is 0.464. The minimum absolute atomic E-state index is 0.349. The van der Waals surface area contributed by atoms with Crippen LogP contribution >= 0.6 is 27.5 Å². The second kappa shape index (κ2) is 7.25. The molecule has 0 unspecified atom stereocenters. The van der Waals surface area contributed by atoms with E-state index in [2.05, 4.69) is 35.1 Å². The van der Waals surface area contributed by atoms with E-state index in [1.165, 1.54) is 6.07 Å². The van der Waals surface area contributed by atoms with Crippen LogP contribution in [0, 0.1) is 5.82 Å². The van der Waals surface area contributed by atoms with Crippen molar-refractivity contribution in [2.24, 2.45) is 0 Å². The van der Waals surface area contributed by atoms with Gasteiger partial charge in [0.2, 0.25) is 0 Å². The average molecular weight is 373 g/mol. The molecule has 2 rings (SSSR count). The van der Waals surface area contributed by atoms with Crippen molar-refractivity contribution in [1.29, 1.82) is 0 Å². The highest BCUT2D eigenvalue weighted by Crippen LogP contribution is 2.34. The van der Waals surface area contributed by atoms with Crippen molar-refractivity contribution in [2.45, 2.75) is 26.4 Å². The number of nitrogens with one attached hydrogen (secondary N) is 1. The summed E-state index contributed by atoms with van der Waals surface area (Å²) in [4.78, 5) is 0. The summed E-state index contributed by atoms with van der Waals surface area (Å²) < 4.78 is 19.7. The van der Waals surface area contributed by atoms with Crippen LogP contribution in [0.25, 0.3) is 0 Å². The molecule has 112 valence electrons. The van der Waals surface area contributed by atoms with Crippen LogP contribution in [-0.2, 0) is 6.54 Å². The molecule has 0 amide bonds. The van der Waals surface area contributed by atoms with Crippen molar-refractivity contribution >= 4 is 27.5 Å². The highest BCUT2D eigenvalue weighted by molar-refractivity contribution is 9.10. The van der Waals surface area contributed by atoms with E-state index in [0.29, 0.717) is 33.6 Å². The van der Waals surface area contributed by atoms with E-state index in [-0.39, 0.29) is 5.82 Å². The van der Waals surface area contributed by atoms with Gasteiger partial charge in [0, 0.05) is 24.2 Å². The fourth-order valence-electron chi connectivity index (χ4n) is 1.78. The number of ether oxygens (including phenoxy) is 1. The number of hydrogen-bond acceptors (Lipinski definition) is 2. The molecular weight excluding hydrogens is 357 g/mol. The first-order chi connectivity index (χ1) is 9.97. The zero-order valence-electron chi connectivity index (χ0n) is 11.8. The summed E-state index contributed by atoms with van der Waals surface area (Å²) in [5, 5.41) is 3.82. The van der Waals surface area contributed by atoms with Crippen LogP contribution in [-0.4, -0.2) is 6.04 Å². The topological polar surface area (TPSA) is 21.3 Å². The summed E-state index contributed by atoms with van der Waals surface area (Å²) in [6.45, 7) is 4.76. The first kappa shape index (κ1) is 16.3. The second-order valence-electron chi connectivity index (χ2n) is 4.94. The van der Waals surface area contributed by atoms with E-state index in [1.54, 1.807) is 18.2 Å². The average Bonchev–Trinajstić information content (AvgIpc) is 2.43. The van der Waals surface area contributed by atoms with Gasteiger partial charge in [0.05, 0.1) is 9.50 Å². The molecule has 0 radical (unpaired) electrons. The van der Waals surface area contributed by atoms with Crippen molar-refractivity contribution < 1.29 is 9.13 Å². The highest BCUT2D eigenvalue weighted by Gasteiger charge is 2.11. The van der Waals surface area contributed by atoms with Gasteiger partial charge in [-0.3, -0.25) is 0 Å². The molecule has 0 bridgehead atoms. The van der Waals surface area contributed by atoms with E-state index < -0.39 is 0 Å². The lowest BCUT2D eigenvalue weighted by Crippen LogP contribution is -2.22. The molecule has 0 aliphatic rings. The van der Waals surface area contributed by atoms with E-state index in [9.17, 15) is 4.39 Å². The number of hydrogen-bond donors (Lipinski definition) is 1. The van der Waals surface area contributed by atoms with Crippen molar-refractivity contribution in [1.82, 2.24) is 5.32 Å². The molecule has 2 nitrogen and oxygen atoms in total. The van der Waals surface area contributed by atoms with Gasteiger partial charge in [0.1, 0.15) is 17.3 Å². The van der Waals surface area contributed by atoms with Gasteiger partial charge in [-0.25, -0.2) is 4.39 Å². The Kier molecular flexibility index (Phi) is 5.62. The third-order valence-electron chi connectivity index (χ3n) is 2.86. The fraction of sp³-hybridized carbons (Fsp3) is 0.250. The van der Waals surface area contributed by atoms with Crippen molar-refractivity contribution in [3.63, 3.8) is 0 Å². The first-order valence-corrected chi connectivity index (χ1v) is 7.78. The van der Waals surface area contributed by atoms with Crippen molar-refractivity contribution in [3.05, 3.63) is 57.3 Å². The van der Waals surface area contributed by atoms with Crippen LogP contribution in [0.3, 0.4) is 0 Å². The molecule has 0 atom stereocenters. The Labute approximate surface area is 137 Å². The van der Waals surface area contributed by atoms with E-state index in [1.807, 2.05) is 12.1 Å². The second-order valence-corrected chi connectivity index (χ2v) is 6.20. The number of benzene rings is 2. The zero-order valence-corrected chi connectivity index (χ0v) is 14.1. The Morgan fingerprint density at radius 2 is 2.05 bits per heavy atom. The zero-order chi connectivity index (χ0) is 15.4. The minimum atomic E-state index is -0.374. The molecule has 0 aliphatic heterocycles. The summed E-state index contributed by atoms with van der Waals surface area (Å²) >= 11 is 9.33. The third-order valence-corrected chi connectivity index (χ3v) is 3.80. The molecule has 0 fully saturated rings. The molecule has 0 spiro atoms. The third kappa shape index (κ3) is 4.43. The van der Waals surface area contributed by atoms with E-state index in [4.69, 9.17) is 16.3 Å². The summed E-state index contributed by atoms with van der Waals surface area (Å²) in [5.41, 5.74) is 0.930. The van der Waals surface area contributed by atoms with Crippen LogP contribution in [0.1, 0.15) is 19.4 Å². The van der Waals surface area contributed by atoms with Crippen LogP contribution in [0.2, 0.25) is 5.02 Å². The van der Waals surface area contributed by atoms with Gasteiger partial charge in [-0.2, -0.15) is 0 Å². The van der Waals surface area contributed by atoms with Crippen LogP contribution in [0.5, 0.6) is 11.5 Å². The van der Waals surface area contributed by atoms with Crippen LogP contribution in [0.15, 0.2) is 40.9 Å². The van der Waals surface area contributed by atoms with Crippen LogP contribution in [0.4, 0.5) is 4.39 Å². The van der Waals surface area contributed by atoms with Gasteiger partial charge in [-0.1, -0.05) is 37.6 Å². The lowest BCUT2D eigenvalue weighted by Gasteiger charge is -2.15. The van der Waals surface area contributed by atoms with Gasteiger partial charge >= 0.3 is 0 Å². The summed E-state index contributed by atoms with van der Waals surface area (Å²) in [5.74, 6) is 0.588. The van der Waals surface area contributed by atoms with Gasteiger partial charge in [0.25, 0.3) is 0 Å². The molecule has 21 heavy (non-hydrogen) atoms. The molecule has 0 saturated carbocycles. The monoisotopic (exact) mass is 371 g/mol. The van der Waals surface area contributed by atoms with Crippen molar-refractivity contribution in [3.8, 4) is 11.5 Å². The number of para-hydroxylation sites is 1.